The zero-order valence-electron chi connectivity index (χ0n) is 13.5. The molecule has 0 radical (unpaired) electrons. The summed E-state index contributed by atoms with van der Waals surface area (Å²) in [5.74, 6) is -0.0352. The highest BCUT2D eigenvalue weighted by Crippen LogP contribution is 2.29. The third-order valence-electron chi connectivity index (χ3n) is 3.61. The standard InChI is InChI=1S/C18H13F4N3O/c1-26-15-8-6-14(7-9-15)25-11-17(23-24-25)16(19)10-12-2-4-13(5-3-12)18(20,21)22/h2-11H,1H3/b16-10+. The van der Waals surface area contributed by atoms with Gasteiger partial charge in [0.1, 0.15) is 11.4 Å². The molecule has 0 amide bonds. The SMILES string of the molecule is COc1ccc(-n2cc(/C(F)=C\c3ccc(C(F)(F)F)cc3)nn2)cc1. The maximum atomic E-state index is 14.3. The van der Waals surface area contributed by atoms with Crippen molar-refractivity contribution in [2.75, 3.05) is 7.11 Å². The number of benzene rings is 2. The van der Waals surface area contributed by atoms with Crippen molar-refractivity contribution in [3.05, 3.63) is 71.5 Å². The van der Waals surface area contributed by atoms with Gasteiger partial charge < -0.3 is 4.74 Å². The minimum atomic E-state index is -4.43. The molecule has 1 heterocycles. The van der Waals surface area contributed by atoms with Gasteiger partial charge in [0, 0.05) is 0 Å². The largest absolute Gasteiger partial charge is 0.497 e. The van der Waals surface area contributed by atoms with Gasteiger partial charge in [0.05, 0.1) is 24.6 Å². The second kappa shape index (κ2) is 6.99. The van der Waals surface area contributed by atoms with Crippen LogP contribution in [0.3, 0.4) is 0 Å². The molecule has 0 aliphatic rings. The van der Waals surface area contributed by atoms with E-state index in [0.717, 1.165) is 18.2 Å². The number of methoxy groups -OCH3 is 1. The lowest BCUT2D eigenvalue weighted by Gasteiger charge is -2.05. The summed E-state index contributed by atoms with van der Waals surface area (Å²) in [5.41, 5.74) is 0.127. The van der Waals surface area contributed by atoms with Gasteiger partial charge in [0.15, 0.2) is 5.83 Å². The molecule has 134 valence electrons. The Bertz CT molecular complexity index is 913. The molecule has 0 spiro atoms. The second-order valence-electron chi connectivity index (χ2n) is 5.36. The third-order valence-corrected chi connectivity index (χ3v) is 3.61. The van der Waals surface area contributed by atoms with Crippen molar-refractivity contribution in [3.63, 3.8) is 0 Å². The summed E-state index contributed by atoms with van der Waals surface area (Å²) in [7, 11) is 1.55. The molecule has 0 saturated carbocycles. The summed E-state index contributed by atoms with van der Waals surface area (Å²) in [6.45, 7) is 0. The molecule has 4 nitrogen and oxygen atoms in total. The van der Waals surface area contributed by atoms with Crippen molar-refractivity contribution in [3.8, 4) is 11.4 Å². The van der Waals surface area contributed by atoms with Gasteiger partial charge in [-0.1, -0.05) is 17.3 Å². The molecule has 1 aromatic heterocycles. The Labute approximate surface area is 146 Å². The fraction of sp³-hybridized carbons (Fsp3) is 0.111. The Balaban J connectivity index is 1.80. The summed E-state index contributed by atoms with van der Waals surface area (Å²) in [5, 5.41) is 7.59. The maximum Gasteiger partial charge on any atom is 0.416 e. The molecule has 3 aromatic rings. The highest BCUT2D eigenvalue weighted by Gasteiger charge is 2.29. The van der Waals surface area contributed by atoms with E-state index in [1.54, 1.807) is 31.4 Å². The van der Waals surface area contributed by atoms with Crippen molar-refractivity contribution in [1.82, 2.24) is 15.0 Å². The first kappa shape index (κ1) is 17.7. The Morgan fingerprint density at radius 2 is 1.69 bits per heavy atom. The molecule has 0 N–H and O–H groups in total. The minimum absolute atomic E-state index is 0.0271. The molecular formula is C18H13F4N3O. The monoisotopic (exact) mass is 363 g/mol. The Morgan fingerprint density at radius 1 is 1.04 bits per heavy atom. The van der Waals surface area contributed by atoms with Gasteiger partial charge in [0.2, 0.25) is 0 Å². The van der Waals surface area contributed by atoms with Crippen LogP contribution in [0.1, 0.15) is 16.8 Å². The molecule has 0 saturated heterocycles. The first-order chi connectivity index (χ1) is 12.4. The fourth-order valence-electron chi connectivity index (χ4n) is 2.22. The van der Waals surface area contributed by atoms with Crippen LogP contribution in [0.25, 0.3) is 17.6 Å². The molecule has 3 rings (SSSR count). The molecular weight excluding hydrogens is 350 g/mol. The topological polar surface area (TPSA) is 39.9 Å². The average Bonchev–Trinajstić information content (AvgIpc) is 3.12. The van der Waals surface area contributed by atoms with Gasteiger partial charge in [-0.05, 0) is 48.0 Å². The lowest BCUT2D eigenvalue weighted by atomic mass is 10.1. The van der Waals surface area contributed by atoms with Crippen LogP contribution in [0.2, 0.25) is 0 Å². The van der Waals surface area contributed by atoms with Gasteiger partial charge in [-0.25, -0.2) is 9.07 Å². The van der Waals surface area contributed by atoms with E-state index in [1.165, 1.54) is 23.0 Å². The van der Waals surface area contributed by atoms with Crippen LogP contribution in [0.5, 0.6) is 5.75 Å². The van der Waals surface area contributed by atoms with E-state index < -0.39 is 17.6 Å². The van der Waals surface area contributed by atoms with Gasteiger partial charge in [-0.2, -0.15) is 13.2 Å². The molecule has 0 fully saturated rings. The number of hydrogen-bond donors (Lipinski definition) is 0. The number of nitrogens with zero attached hydrogens (tertiary/aromatic N) is 3. The lowest BCUT2D eigenvalue weighted by Crippen LogP contribution is -2.03. The molecule has 2 aromatic carbocycles. The lowest BCUT2D eigenvalue weighted by molar-refractivity contribution is -0.137. The highest BCUT2D eigenvalue weighted by molar-refractivity contribution is 5.74. The molecule has 0 bridgehead atoms. The zero-order valence-corrected chi connectivity index (χ0v) is 13.5. The van der Waals surface area contributed by atoms with E-state index >= 15 is 0 Å². The Morgan fingerprint density at radius 3 is 2.27 bits per heavy atom. The highest BCUT2D eigenvalue weighted by atomic mass is 19.4. The van der Waals surface area contributed by atoms with Crippen molar-refractivity contribution < 1.29 is 22.3 Å². The Hall–Kier alpha value is -3.16. The van der Waals surface area contributed by atoms with Gasteiger partial charge >= 0.3 is 6.18 Å². The molecule has 0 unspecified atom stereocenters. The fourth-order valence-corrected chi connectivity index (χ4v) is 2.22. The van der Waals surface area contributed by atoms with Crippen LogP contribution in [-0.4, -0.2) is 22.1 Å². The molecule has 0 aliphatic heterocycles. The van der Waals surface area contributed by atoms with Crippen molar-refractivity contribution in [1.29, 1.82) is 0 Å². The normalized spacial score (nSPS) is 12.3. The van der Waals surface area contributed by atoms with E-state index in [2.05, 4.69) is 10.3 Å². The summed E-state index contributed by atoms with van der Waals surface area (Å²) >= 11 is 0. The van der Waals surface area contributed by atoms with Crippen LogP contribution in [0, 0.1) is 0 Å². The number of rotatable bonds is 4. The summed E-state index contributed by atoms with van der Waals surface area (Å²) in [6.07, 6.45) is -1.94. The number of alkyl halides is 3. The smallest absolute Gasteiger partial charge is 0.416 e. The van der Waals surface area contributed by atoms with E-state index in [9.17, 15) is 17.6 Å². The van der Waals surface area contributed by atoms with Crippen molar-refractivity contribution in [2.24, 2.45) is 0 Å². The first-order valence-electron chi connectivity index (χ1n) is 7.48. The van der Waals surface area contributed by atoms with E-state index in [0.29, 0.717) is 11.4 Å². The average molecular weight is 363 g/mol. The van der Waals surface area contributed by atoms with Crippen LogP contribution < -0.4 is 4.74 Å². The second-order valence-corrected chi connectivity index (χ2v) is 5.36. The maximum absolute atomic E-state index is 14.3. The van der Waals surface area contributed by atoms with Gasteiger partial charge in [0.25, 0.3) is 0 Å². The van der Waals surface area contributed by atoms with Crippen molar-refractivity contribution in [2.45, 2.75) is 6.18 Å². The van der Waals surface area contributed by atoms with Gasteiger partial charge in [-0.15, -0.1) is 5.10 Å². The van der Waals surface area contributed by atoms with Gasteiger partial charge in [-0.3, -0.25) is 0 Å². The number of ether oxygens (including phenoxy) is 1. The predicted octanol–water partition coefficient (Wildman–Crippen LogP) is 4.76. The van der Waals surface area contributed by atoms with Crippen LogP contribution in [0.4, 0.5) is 17.6 Å². The van der Waals surface area contributed by atoms with Crippen LogP contribution in [-0.2, 0) is 6.18 Å². The third kappa shape index (κ3) is 3.90. The quantitative estimate of drug-likeness (QED) is 0.628. The van der Waals surface area contributed by atoms with Crippen molar-refractivity contribution >= 4 is 11.9 Å². The number of hydrogen-bond acceptors (Lipinski definition) is 3. The van der Waals surface area contributed by atoms with E-state index in [-0.39, 0.29) is 11.3 Å². The van der Waals surface area contributed by atoms with E-state index in [4.69, 9.17) is 4.74 Å². The molecule has 26 heavy (non-hydrogen) atoms. The number of aromatic nitrogens is 3. The van der Waals surface area contributed by atoms with E-state index in [1.807, 2.05) is 0 Å². The zero-order chi connectivity index (χ0) is 18.7. The number of halogens is 4. The first-order valence-corrected chi connectivity index (χ1v) is 7.48. The Kier molecular flexibility index (Phi) is 4.75. The summed E-state index contributed by atoms with van der Waals surface area (Å²) in [6, 6.07) is 11.1. The summed E-state index contributed by atoms with van der Waals surface area (Å²) in [4.78, 5) is 0. The minimum Gasteiger partial charge on any atom is -0.497 e. The van der Waals surface area contributed by atoms with Crippen LogP contribution >= 0.6 is 0 Å². The molecule has 0 aliphatic carbocycles. The molecule has 8 heteroatoms. The predicted molar refractivity (Wildman–Crippen MR) is 88.3 cm³/mol. The summed E-state index contributed by atoms with van der Waals surface area (Å²) < 4.78 is 58.4. The molecule has 0 atom stereocenters. The van der Waals surface area contributed by atoms with Crippen LogP contribution in [0.15, 0.2) is 54.7 Å².